The van der Waals surface area contributed by atoms with Gasteiger partial charge in [0.2, 0.25) is 0 Å². The van der Waals surface area contributed by atoms with Crippen molar-refractivity contribution < 1.29 is 8.78 Å². The minimum Gasteiger partial charge on any atom is -0.206 e. The highest BCUT2D eigenvalue weighted by Crippen LogP contribution is 2.13. The van der Waals surface area contributed by atoms with Gasteiger partial charge in [0.25, 0.3) is 0 Å². The molecule has 0 aliphatic heterocycles. The minimum absolute atomic E-state index is 0.305. The Morgan fingerprint density at radius 2 is 1.14 bits per heavy atom. The first kappa shape index (κ1) is 21.2. The molecule has 2 rings (SSSR count). The summed E-state index contributed by atoms with van der Waals surface area (Å²) in [5.41, 5.74) is 2.21. The number of hydrogen-bond donors (Lipinski definition) is 0. The second kappa shape index (κ2) is 11.6. The maximum Gasteiger partial charge on any atom is 0.131 e. The Bertz CT molecular complexity index is 891. The Hall–Kier alpha value is -3.10. The predicted octanol–water partition coefficient (Wildman–Crippen LogP) is 6.99. The number of hydrogen-bond acceptors (Lipinski definition) is 0. The fourth-order valence-electron chi connectivity index (χ4n) is 2.44. The van der Waals surface area contributed by atoms with Crippen LogP contribution < -0.4 is 0 Å². The fourth-order valence-corrected chi connectivity index (χ4v) is 2.44. The third-order valence-electron chi connectivity index (χ3n) is 3.98. The summed E-state index contributed by atoms with van der Waals surface area (Å²) in [6.45, 7) is 4.15. The van der Waals surface area contributed by atoms with Gasteiger partial charge in [0.1, 0.15) is 11.6 Å². The van der Waals surface area contributed by atoms with E-state index in [4.69, 9.17) is 0 Å². The molecule has 2 aromatic rings. The van der Waals surface area contributed by atoms with Gasteiger partial charge in [-0.05, 0) is 48.9 Å². The molecule has 0 atom stereocenters. The molecular weight excluding hydrogens is 350 g/mol. The zero-order chi connectivity index (χ0) is 20.2. The van der Waals surface area contributed by atoms with Crippen molar-refractivity contribution in [3.05, 3.63) is 82.4 Å². The summed E-state index contributed by atoms with van der Waals surface area (Å²) in [6, 6.07) is 9.74. The Morgan fingerprint density at radius 3 is 1.50 bits per heavy atom. The van der Waals surface area contributed by atoms with Crippen molar-refractivity contribution >= 4 is 12.2 Å². The van der Waals surface area contributed by atoms with E-state index in [2.05, 4.69) is 37.5 Å². The van der Waals surface area contributed by atoms with E-state index < -0.39 is 0 Å². The van der Waals surface area contributed by atoms with Gasteiger partial charge in [-0.1, -0.05) is 75.0 Å². The third kappa shape index (κ3) is 6.90. The van der Waals surface area contributed by atoms with E-state index in [9.17, 15) is 8.78 Å². The molecular formula is C26H24F2. The van der Waals surface area contributed by atoms with Crippen molar-refractivity contribution in [2.45, 2.75) is 39.5 Å². The first-order chi connectivity index (χ1) is 13.6. The van der Waals surface area contributed by atoms with Crippen LogP contribution in [-0.2, 0) is 0 Å². The molecule has 0 heterocycles. The smallest absolute Gasteiger partial charge is 0.131 e. The molecule has 0 amide bonds. The Labute approximate surface area is 167 Å². The van der Waals surface area contributed by atoms with Crippen LogP contribution in [0, 0.1) is 35.3 Å². The summed E-state index contributed by atoms with van der Waals surface area (Å²) in [4.78, 5) is 0. The topological polar surface area (TPSA) is 0 Å². The normalized spacial score (nSPS) is 10.6. The van der Waals surface area contributed by atoms with Gasteiger partial charge in [0, 0.05) is 22.3 Å². The molecule has 0 aliphatic carbocycles. The highest BCUT2D eigenvalue weighted by atomic mass is 19.1. The van der Waals surface area contributed by atoms with Crippen LogP contribution >= 0.6 is 0 Å². The summed E-state index contributed by atoms with van der Waals surface area (Å²) in [5.74, 6) is 10.4. The molecule has 2 aromatic carbocycles. The van der Waals surface area contributed by atoms with Crippen molar-refractivity contribution in [1.29, 1.82) is 0 Å². The van der Waals surface area contributed by atoms with Gasteiger partial charge in [-0.2, -0.15) is 0 Å². The monoisotopic (exact) mass is 374 g/mol. The fraction of sp³-hybridized carbons (Fsp3) is 0.231. The van der Waals surface area contributed by atoms with Gasteiger partial charge in [-0.15, -0.1) is 0 Å². The molecule has 0 aliphatic rings. The number of halogens is 2. The van der Waals surface area contributed by atoms with Crippen LogP contribution in [0.4, 0.5) is 8.78 Å². The standard InChI is InChI=1S/C26H24F2/c1-3-5-7-13-23-17-15-21(19-25(23)27)11-9-10-12-22-16-18-24(26(28)20-22)14-8-6-4-2/h7-8,13-20H,3-6H2,1-2H3/b13-7+,14-8+. The first-order valence-electron chi connectivity index (χ1n) is 9.58. The molecule has 28 heavy (non-hydrogen) atoms. The van der Waals surface area contributed by atoms with Crippen LogP contribution in [0.3, 0.4) is 0 Å². The summed E-state index contributed by atoms with van der Waals surface area (Å²) in [7, 11) is 0. The maximum atomic E-state index is 14.0. The van der Waals surface area contributed by atoms with Crippen molar-refractivity contribution in [2.75, 3.05) is 0 Å². The molecule has 0 aromatic heterocycles. The van der Waals surface area contributed by atoms with Crippen LogP contribution in [-0.4, -0.2) is 0 Å². The summed E-state index contributed by atoms with van der Waals surface area (Å²) < 4.78 is 28.1. The van der Waals surface area contributed by atoms with E-state index in [1.54, 1.807) is 36.4 Å². The highest BCUT2D eigenvalue weighted by Gasteiger charge is 2.00. The van der Waals surface area contributed by atoms with Gasteiger partial charge in [-0.25, -0.2) is 8.78 Å². The molecule has 0 spiro atoms. The SMILES string of the molecule is CCC/C=C/c1ccc(C#CC#Cc2ccc(/C=C/CCC)c(F)c2)cc1F. The second-order valence-electron chi connectivity index (χ2n) is 6.35. The van der Waals surface area contributed by atoms with Gasteiger partial charge in [0.15, 0.2) is 0 Å². The number of allylic oxidation sites excluding steroid dienone is 2. The van der Waals surface area contributed by atoms with Crippen LogP contribution in [0.2, 0.25) is 0 Å². The molecule has 2 heteroatoms. The predicted molar refractivity (Wildman–Crippen MR) is 114 cm³/mol. The van der Waals surface area contributed by atoms with Crippen LogP contribution in [0.5, 0.6) is 0 Å². The molecule has 0 radical (unpaired) electrons. The maximum absolute atomic E-state index is 14.0. The van der Waals surface area contributed by atoms with Gasteiger partial charge in [-0.3, -0.25) is 0 Å². The van der Waals surface area contributed by atoms with Crippen LogP contribution in [0.25, 0.3) is 12.2 Å². The summed E-state index contributed by atoms with van der Waals surface area (Å²) >= 11 is 0. The average Bonchev–Trinajstić information content (AvgIpc) is 2.69. The Kier molecular flexibility index (Phi) is 8.77. The quantitative estimate of drug-likeness (QED) is 0.478. The van der Waals surface area contributed by atoms with Crippen molar-refractivity contribution in [3.8, 4) is 23.7 Å². The zero-order valence-electron chi connectivity index (χ0n) is 16.4. The van der Waals surface area contributed by atoms with Crippen molar-refractivity contribution in [1.82, 2.24) is 0 Å². The Morgan fingerprint density at radius 1 is 0.714 bits per heavy atom. The molecule has 0 N–H and O–H groups in total. The van der Waals surface area contributed by atoms with Gasteiger partial charge in [0.05, 0.1) is 0 Å². The molecule has 0 fully saturated rings. The van der Waals surface area contributed by atoms with E-state index in [0.29, 0.717) is 22.3 Å². The van der Waals surface area contributed by atoms with E-state index in [0.717, 1.165) is 25.7 Å². The molecule has 0 nitrogen and oxygen atoms in total. The van der Waals surface area contributed by atoms with Crippen LogP contribution in [0.15, 0.2) is 48.6 Å². The van der Waals surface area contributed by atoms with E-state index in [1.807, 2.05) is 12.2 Å². The lowest BCUT2D eigenvalue weighted by Crippen LogP contribution is -1.84. The number of benzene rings is 2. The highest BCUT2D eigenvalue weighted by molar-refractivity contribution is 5.54. The van der Waals surface area contributed by atoms with Gasteiger partial charge >= 0.3 is 0 Å². The number of unbranched alkanes of at least 4 members (excludes halogenated alkanes) is 2. The van der Waals surface area contributed by atoms with E-state index in [1.165, 1.54) is 12.1 Å². The second-order valence-corrected chi connectivity index (χ2v) is 6.35. The molecule has 0 bridgehead atoms. The van der Waals surface area contributed by atoms with Crippen molar-refractivity contribution in [2.24, 2.45) is 0 Å². The summed E-state index contributed by atoms with van der Waals surface area (Å²) in [5, 5.41) is 0. The van der Waals surface area contributed by atoms with Crippen LogP contribution in [0.1, 0.15) is 61.8 Å². The lowest BCUT2D eigenvalue weighted by atomic mass is 10.1. The third-order valence-corrected chi connectivity index (χ3v) is 3.98. The molecule has 142 valence electrons. The average molecular weight is 374 g/mol. The molecule has 0 saturated heterocycles. The molecule has 0 unspecified atom stereocenters. The molecule has 0 saturated carbocycles. The van der Waals surface area contributed by atoms with E-state index in [-0.39, 0.29) is 11.6 Å². The number of rotatable bonds is 6. The van der Waals surface area contributed by atoms with Gasteiger partial charge < -0.3 is 0 Å². The lowest BCUT2D eigenvalue weighted by molar-refractivity contribution is 0.624. The minimum atomic E-state index is -0.305. The van der Waals surface area contributed by atoms with Crippen molar-refractivity contribution in [3.63, 3.8) is 0 Å². The van der Waals surface area contributed by atoms with E-state index >= 15 is 0 Å². The Balaban J connectivity index is 2.06. The zero-order valence-corrected chi connectivity index (χ0v) is 16.4. The summed E-state index contributed by atoms with van der Waals surface area (Å²) in [6.07, 6.45) is 11.4. The lowest BCUT2D eigenvalue weighted by Gasteiger charge is -1.97. The first-order valence-corrected chi connectivity index (χ1v) is 9.58. The largest absolute Gasteiger partial charge is 0.206 e.